The number of halogens is 1. The molecular weight excluding hydrogens is 285 g/mol. The summed E-state index contributed by atoms with van der Waals surface area (Å²) >= 11 is 2.43. The second-order valence-electron chi connectivity index (χ2n) is 4.15. The third kappa shape index (κ3) is 2.28. The molecule has 1 fully saturated rings. The van der Waals surface area contributed by atoms with Crippen LogP contribution in [-0.2, 0) is 0 Å². The van der Waals surface area contributed by atoms with Gasteiger partial charge in [0.05, 0.1) is 0 Å². The fourth-order valence-corrected chi connectivity index (χ4v) is 3.14. The highest BCUT2D eigenvalue weighted by Gasteiger charge is 2.21. The minimum atomic E-state index is 0.421. The second kappa shape index (κ2) is 4.62. The molecule has 1 nitrogen and oxygen atoms in total. The summed E-state index contributed by atoms with van der Waals surface area (Å²) in [5, 5.41) is 0. The Balaban J connectivity index is 2.18. The maximum atomic E-state index is 6.01. The maximum absolute atomic E-state index is 6.01. The van der Waals surface area contributed by atoms with Crippen molar-refractivity contribution in [2.75, 3.05) is 0 Å². The molecule has 1 aromatic carbocycles. The molecule has 0 amide bonds. The van der Waals surface area contributed by atoms with Gasteiger partial charge < -0.3 is 5.73 Å². The van der Waals surface area contributed by atoms with Gasteiger partial charge in [-0.2, -0.15) is 0 Å². The lowest BCUT2D eigenvalue weighted by Gasteiger charge is -2.27. The van der Waals surface area contributed by atoms with Crippen molar-refractivity contribution in [3.8, 4) is 0 Å². The molecule has 0 saturated heterocycles. The lowest BCUT2D eigenvalue weighted by Crippen LogP contribution is -2.27. The van der Waals surface area contributed by atoms with Crippen molar-refractivity contribution < 1.29 is 0 Å². The van der Waals surface area contributed by atoms with Crippen LogP contribution < -0.4 is 5.73 Å². The van der Waals surface area contributed by atoms with Gasteiger partial charge >= 0.3 is 0 Å². The van der Waals surface area contributed by atoms with Gasteiger partial charge in [0.2, 0.25) is 0 Å². The fraction of sp³-hybridized carbons (Fsp3) is 0.500. The number of rotatable bonds is 1. The number of benzene rings is 1. The molecule has 0 spiro atoms. The van der Waals surface area contributed by atoms with E-state index >= 15 is 0 Å². The average Bonchev–Trinajstić information content (AvgIpc) is 2.18. The van der Waals surface area contributed by atoms with Gasteiger partial charge in [0, 0.05) is 9.61 Å². The predicted octanol–water partition coefficient (Wildman–Crippen LogP) is 3.28. The molecule has 2 rings (SSSR count). The van der Waals surface area contributed by atoms with E-state index in [1.54, 1.807) is 0 Å². The van der Waals surface area contributed by atoms with Crippen molar-refractivity contribution in [3.63, 3.8) is 0 Å². The van der Waals surface area contributed by atoms with Crippen LogP contribution in [-0.4, -0.2) is 6.04 Å². The van der Waals surface area contributed by atoms with Crippen LogP contribution in [0.4, 0.5) is 0 Å². The highest BCUT2D eigenvalue weighted by Crippen LogP contribution is 2.34. The van der Waals surface area contributed by atoms with Crippen LogP contribution in [0.2, 0.25) is 0 Å². The van der Waals surface area contributed by atoms with Gasteiger partial charge in [-0.05, 0) is 59.4 Å². The van der Waals surface area contributed by atoms with Crippen LogP contribution in [0.15, 0.2) is 24.3 Å². The van der Waals surface area contributed by atoms with Crippen LogP contribution in [0.5, 0.6) is 0 Å². The predicted molar refractivity (Wildman–Crippen MR) is 68.3 cm³/mol. The van der Waals surface area contributed by atoms with Crippen LogP contribution in [0.3, 0.4) is 0 Å². The molecule has 0 aromatic heterocycles. The topological polar surface area (TPSA) is 26.0 Å². The molecule has 76 valence electrons. The third-order valence-electron chi connectivity index (χ3n) is 3.06. The van der Waals surface area contributed by atoms with Crippen LogP contribution in [0, 0.1) is 3.57 Å². The summed E-state index contributed by atoms with van der Waals surface area (Å²) in [6.07, 6.45) is 4.98. The van der Waals surface area contributed by atoms with Crippen molar-refractivity contribution in [1.29, 1.82) is 0 Å². The lowest BCUT2D eigenvalue weighted by atomic mass is 9.82. The Bertz CT molecular complexity index is 311. The van der Waals surface area contributed by atoms with Crippen molar-refractivity contribution in [2.24, 2.45) is 5.73 Å². The molecule has 0 aliphatic heterocycles. The quantitative estimate of drug-likeness (QED) is 0.792. The van der Waals surface area contributed by atoms with E-state index in [0.717, 1.165) is 0 Å². The van der Waals surface area contributed by atoms with Gasteiger partial charge in [0.15, 0.2) is 0 Å². The summed E-state index contributed by atoms with van der Waals surface area (Å²) in [5.74, 6) is 0.701. The van der Waals surface area contributed by atoms with E-state index in [1.807, 2.05) is 0 Å². The molecule has 1 aliphatic rings. The van der Waals surface area contributed by atoms with Crippen molar-refractivity contribution in [3.05, 3.63) is 33.4 Å². The van der Waals surface area contributed by atoms with Crippen molar-refractivity contribution in [1.82, 2.24) is 0 Å². The summed E-state index contributed by atoms with van der Waals surface area (Å²) in [6, 6.07) is 9.11. The molecule has 0 heterocycles. The minimum Gasteiger partial charge on any atom is -0.328 e. The van der Waals surface area contributed by atoms with Crippen LogP contribution >= 0.6 is 22.6 Å². The molecular formula is C12H16IN. The molecule has 1 aromatic rings. The molecule has 2 N–H and O–H groups in total. The van der Waals surface area contributed by atoms with Gasteiger partial charge in [-0.3, -0.25) is 0 Å². The van der Waals surface area contributed by atoms with E-state index in [9.17, 15) is 0 Å². The first-order valence-electron chi connectivity index (χ1n) is 5.27. The first kappa shape index (κ1) is 10.4. The van der Waals surface area contributed by atoms with Gasteiger partial charge in [0.25, 0.3) is 0 Å². The zero-order valence-electron chi connectivity index (χ0n) is 8.25. The average molecular weight is 301 g/mol. The molecule has 0 radical (unpaired) electrons. The standard InChI is InChI=1S/C12H16IN/c13-12-7-2-1-6-11(12)9-4-3-5-10(14)8-9/h1-2,6-7,9-10H,3-5,8,14H2/t9-,10-/m1/s1. The second-order valence-corrected chi connectivity index (χ2v) is 5.31. The van der Waals surface area contributed by atoms with E-state index in [0.29, 0.717) is 12.0 Å². The highest BCUT2D eigenvalue weighted by atomic mass is 127. The summed E-state index contributed by atoms with van der Waals surface area (Å²) in [6.45, 7) is 0. The van der Waals surface area contributed by atoms with Gasteiger partial charge in [-0.25, -0.2) is 0 Å². The monoisotopic (exact) mass is 301 g/mol. The molecule has 0 bridgehead atoms. The van der Waals surface area contributed by atoms with E-state index < -0.39 is 0 Å². The maximum Gasteiger partial charge on any atom is 0.0165 e. The molecule has 2 heteroatoms. The van der Waals surface area contributed by atoms with Crippen LogP contribution in [0.25, 0.3) is 0 Å². The number of hydrogen-bond acceptors (Lipinski definition) is 1. The Kier molecular flexibility index (Phi) is 3.44. The molecule has 1 saturated carbocycles. The van der Waals surface area contributed by atoms with E-state index in [-0.39, 0.29) is 0 Å². The first-order chi connectivity index (χ1) is 6.77. The fourth-order valence-electron chi connectivity index (χ4n) is 2.32. The van der Waals surface area contributed by atoms with Crippen LogP contribution in [0.1, 0.15) is 37.2 Å². The zero-order chi connectivity index (χ0) is 9.97. The van der Waals surface area contributed by atoms with E-state index in [1.165, 1.54) is 34.8 Å². The smallest absolute Gasteiger partial charge is 0.0165 e. The Morgan fingerprint density at radius 3 is 2.71 bits per heavy atom. The minimum absolute atomic E-state index is 0.421. The number of hydrogen-bond donors (Lipinski definition) is 1. The normalized spacial score (nSPS) is 27.6. The Hall–Kier alpha value is -0.0900. The number of nitrogens with two attached hydrogens (primary N) is 1. The molecule has 0 unspecified atom stereocenters. The summed E-state index contributed by atoms with van der Waals surface area (Å²) in [7, 11) is 0. The summed E-state index contributed by atoms with van der Waals surface area (Å²) in [5.41, 5.74) is 7.51. The first-order valence-corrected chi connectivity index (χ1v) is 6.35. The van der Waals surface area contributed by atoms with Crippen molar-refractivity contribution in [2.45, 2.75) is 37.6 Å². The molecule has 1 aliphatic carbocycles. The Labute approximate surface area is 99.2 Å². The lowest BCUT2D eigenvalue weighted by molar-refractivity contribution is 0.392. The van der Waals surface area contributed by atoms with Gasteiger partial charge in [-0.1, -0.05) is 24.6 Å². The molecule has 2 atom stereocenters. The third-order valence-corrected chi connectivity index (χ3v) is 4.04. The van der Waals surface area contributed by atoms with Crippen molar-refractivity contribution >= 4 is 22.6 Å². The van der Waals surface area contributed by atoms with E-state index in [2.05, 4.69) is 46.9 Å². The Morgan fingerprint density at radius 1 is 1.21 bits per heavy atom. The van der Waals surface area contributed by atoms with E-state index in [4.69, 9.17) is 5.73 Å². The zero-order valence-corrected chi connectivity index (χ0v) is 10.4. The SMILES string of the molecule is N[C@@H]1CCC[C@@H](c2ccccc2I)C1. The summed E-state index contributed by atoms with van der Waals surface area (Å²) in [4.78, 5) is 0. The largest absolute Gasteiger partial charge is 0.328 e. The molecule has 14 heavy (non-hydrogen) atoms. The Morgan fingerprint density at radius 2 is 2.00 bits per heavy atom. The van der Waals surface area contributed by atoms with Gasteiger partial charge in [-0.15, -0.1) is 0 Å². The summed E-state index contributed by atoms with van der Waals surface area (Å²) < 4.78 is 1.39. The van der Waals surface area contributed by atoms with Gasteiger partial charge in [0.1, 0.15) is 0 Å². The highest BCUT2D eigenvalue weighted by molar-refractivity contribution is 14.1.